The molecular formula is C13H16O3. The number of hydrogen-bond acceptors (Lipinski definition) is 3. The van der Waals surface area contributed by atoms with Gasteiger partial charge >= 0.3 is 5.97 Å². The van der Waals surface area contributed by atoms with E-state index in [0.29, 0.717) is 12.0 Å². The van der Waals surface area contributed by atoms with Gasteiger partial charge in [-0.25, -0.2) is 0 Å². The molecule has 3 heteroatoms. The summed E-state index contributed by atoms with van der Waals surface area (Å²) in [7, 11) is 1.36. The molecule has 0 bridgehead atoms. The van der Waals surface area contributed by atoms with E-state index < -0.39 is 0 Å². The molecule has 0 amide bonds. The van der Waals surface area contributed by atoms with Gasteiger partial charge in [-0.05, 0) is 18.1 Å². The summed E-state index contributed by atoms with van der Waals surface area (Å²) in [4.78, 5) is 22.8. The highest BCUT2D eigenvalue weighted by Gasteiger charge is 2.12. The fourth-order valence-electron chi connectivity index (χ4n) is 1.60. The summed E-state index contributed by atoms with van der Waals surface area (Å²) >= 11 is 0. The van der Waals surface area contributed by atoms with Crippen molar-refractivity contribution < 1.29 is 14.3 Å². The molecule has 0 saturated heterocycles. The summed E-state index contributed by atoms with van der Waals surface area (Å²) in [6.45, 7) is 3.69. The largest absolute Gasteiger partial charge is 0.469 e. The smallest absolute Gasteiger partial charge is 0.309 e. The molecule has 0 radical (unpaired) electrons. The number of methoxy groups -OCH3 is 1. The maximum atomic E-state index is 11.6. The lowest BCUT2D eigenvalue weighted by molar-refractivity contribution is -0.139. The lowest BCUT2D eigenvalue weighted by Gasteiger charge is -2.08. The molecule has 0 aliphatic rings. The zero-order valence-corrected chi connectivity index (χ0v) is 9.87. The first-order valence-electron chi connectivity index (χ1n) is 5.28. The Morgan fingerprint density at radius 3 is 2.56 bits per heavy atom. The minimum Gasteiger partial charge on any atom is -0.469 e. The van der Waals surface area contributed by atoms with Crippen LogP contribution in [0.4, 0.5) is 0 Å². The van der Waals surface area contributed by atoms with E-state index in [4.69, 9.17) is 0 Å². The standard InChI is InChI=1S/C13H16O3/c1-4-12(14)11-7-5-6-10(9(11)2)8-13(15)16-3/h5-7H,4,8H2,1-3H3. The predicted molar refractivity (Wildman–Crippen MR) is 61.5 cm³/mol. The Morgan fingerprint density at radius 2 is 2.00 bits per heavy atom. The molecule has 1 aromatic rings. The van der Waals surface area contributed by atoms with E-state index in [0.717, 1.165) is 11.1 Å². The Balaban J connectivity index is 3.04. The molecule has 0 spiro atoms. The van der Waals surface area contributed by atoms with E-state index in [2.05, 4.69) is 4.74 Å². The quantitative estimate of drug-likeness (QED) is 0.577. The van der Waals surface area contributed by atoms with E-state index in [9.17, 15) is 9.59 Å². The monoisotopic (exact) mass is 220 g/mol. The second-order valence-electron chi connectivity index (χ2n) is 3.62. The van der Waals surface area contributed by atoms with Gasteiger partial charge in [0, 0.05) is 12.0 Å². The fraction of sp³-hybridized carbons (Fsp3) is 0.385. The van der Waals surface area contributed by atoms with Crippen molar-refractivity contribution in [2.24, 2.45) is 0 Å². The van der Waals surface area contributed by atoms with Crippen LogP contribution >= 0.6 is 0 Å². The van der Waals surface area contributed by atoms with Crippen molar-refractivity contribution in [2.75, 3.05) is 7.11 Å². The Labute approximate surface area is 95.4 Å². The molecule has 16 heavy (non-hydrogen) atoms. The third kappa shape index (κ3) is 2.69. The summed E-state index contributed by atoms with van der Waals surface area (Å²) in [6, 6.07) is 5.44. The van der Waals surface area contributed by atoms with E-state index in [-0.39, 0.29) is 18.2 Å². The van der Waals surface area contributed by atoms with Crippen molar-refractivity contribution in [2.45, 2.75) is 26.7 Å². The van der Waals surface area contributed by atoms with Gasteiger partial charge in [0.2, 0.25) is 0 Å². The van der Waals surface area contributed by atoms with Crippen LogP contribution in [0.3, 0.4) is 0 Å². The van der Waals surface area contributed by atoms with Crippen LogP contribution in [0, 0.1) is 6.92 Å². The van der Waals surface area contributed by atoms with E-state index in [1.807, 2.05) is 19.9 Å². The topological polar surface area (TPSA) is 43.4 Å². The first-order valence-corrected chi connectivity index (χ1v) is 5.28. The van der Waals surface area contributed by atoms with E-state index in [1.54, 1.807) is 12.1 Å². The first kappa shape index (κ1) is 12.4. The Kier molecular flexibility index (Phi) is 4.23. The average Bonchev–Trinajstić information content (AvgIpc) is 2.30. The summed E-state index contributed by atoms with van der Waals surface area (Å²) in [5.74, 6) is -0.187. The number of benzene rings is 1. The second-order valence-corrected chi connectivity index (χ2v) is 3.62. The molecule has 0 atom stereocenters. The van der Waals surface area contributed by atoms with Gasteiger partial charge in [-0.15, -0.1) is 0 Å². The van der Waals surface area contributed by atoms with Crippen molar-refractivity contribution >= 4 is 11.8 Å². The zero-order chi connectivity index (χ0) is 12.1. The van der Waals surface area contributed by atoms with Crippen LogP contribution in [-0.2, 0) is 16.0 Å². The van der Waals surface area contributed by atoms with E-state index in [1.165, 1.54) is 7.11 Å². The Morgan fingerprint density at radius 1 is 1.31 bits per heavy atom. The number of rotatable bonds is 4. The van der Waals surface area contributed by atoms with Gasteiger partial charge in [-0.1, -0.05) is 25.1 Å². The van der Waals surface area contributed by atoms with Crippen LogP contribution in [0.25, 0.3) is 0 Å². The van der Waals surface area contributed by atoms with Crippen molar-refractivity contribution in [1.29, 1.82) is 0 Å². The lowest BCUT2D eigenvalue weighted by atomic mass is 9.96. The summed E-state index contributed by atoms with van der Waals surface area (Å²) in [6.07, 6.45) is 0.690. The number of hydrogen-bond donors (Lipinski definition) is 0. The maximum Gasteiger partial charge on any atom is 0.309 e. The molecule has 0 fully saturated rings. The molecule has 0 unspecified atom stereocenters. The summed E-state index contributed by atoms with van der Waals surface area (Å²) in [5, 5.41) is 0. The molecule has 1 rings (SSSR count). The highest BCUT2D eigenvalue weighted by Crippen LogP contribution is 2.16. The number of carbonyl (C=O) groups is 2. The SMILES string of the molecule is CCC(=O)c1cccc(CC(=O)OC)c1C. The molecule has 86 valence electrons. The molecule has 0 N–H and O–H groups in total. The summed E-state index contributed by atoms with van der Waals surface area (Å²) < 4.78 is 4.61. The first-order chi connectivity index (χ1) is 7.60. The van der Waals surface area contributed by atoms with Crippen LogP contribution < -0.4 is 0 Å². The number of Topliss-reactive ketones (excluding diaryl/α,β-unsaturated/α-hetero) is 1. The molecule has 0 aliphatic heterocycles. The van der Waals surface area contributed by atoms with Gasteiger partial charge in [0.05, 0.1) is 13.5 Å². The number of esters is 1. The van der Waals surface area contributed by atoms with Crippen LogP contribution in [0.5, 0.6) is 0 Å². The molecule has 1 aromatic carbocycles. The lowest BCUT2D eigenvalue weighted by Crippen LogP contribution is -2.08. The summed E-state index contributed by atoms with van der Waals surface area (Å²) in [5.41, 5.74) is 2.43. The molecule has 0 aliphatic carbocycles. The third-order valence-electron chi connectivity index (χ3n) is 2.63. The number of carbonyl (C=O) groups excluding carboxylic acids is 2. The zero-order valence-electron chi connectivity index (χ0n) is 9.87. The second kappa shape index (κ2) is 5.45. The highest BCUT2D eigenvalue weighted by molar-refractivity contribution is 5.97. The minimum atomic E-state index is -0.288. The number of ether oxygens (including phenoxy) is 1. The van der Waals surface area contributed by atoms with Crippen molar-refractivity contribution in [3.8, 4) is 0 Å². The van der Waals surface area contributed by atoms with Crippen molar-refractivity contribution in [3.05, 3.63) is 34.9 Å². The molecule has 3 nitrogen and oxygen atoms in total. The normalized spacial score (nSPS) is 9.94. The van der Waals surface area contributed by atoms with Gasteiger partial charge in [0.15, 0.2) is 5.78 Å². The Hall–Kier alpha value is -1.64. The van der Waals surface area contributed by atoms with Gasteiger partial charge in [-0.2, -0.15) is 0 Å². The average molecular weight is 220 g/mol. The van der Waals surface area contributed by atoms with Crippen LogP contribution in [0.15, 0.2) is 18.2 Å². The van der Waals surface area contributed by atoms with Crippen LogP contribution in [0.1, 0.15) is 34.8 Å². The van der Waals surface area contributed by atoms with Gasteiger partial charge in [-0.3, -0.25) is 9.59 Å². The van der Waals surface area contributed by atoms with E-state index >= 15 is 0 Å². The predicted octanol–water partition coefficient (Wildman–Crippen LogP) is 2.30. The molecular weight excluding hydrogens is 204 g/mol. The van der Waals surface area contributed by atoms with Gasteiger partial charge in [0.25, 0.3) is 0 Å². The Bertz CT molecular complexity index is 408. The van der Waals surface area contributed by atoms with Gasteiger partial charge in [0.1, 0.15) is 0 Å². The molecule has 0 saturated carbocycles. The van der Waals surface area contributed by atoms with Gasteiger partial charge < -0.3 is 4.74 Å². The maximum absolute atomic E-state index is 11.6. The molecule has 0 aromatic heterocycles. The van der Waals surface area contributed by atoms with Crippen LogP contribution in [-0.4, -0.2) is 18.9 Å². The third-order valence-corrected chi connectivity index (χ3v) is 2.63. The van der Waals surface area contributed by atoms with Crippen molar-refractivity contribution in [3.63, 3.8) is 0 Å². The fourth-order valence-corrected chi connectivity index (χ4v) is 1.60. The number of ketones is 1. The van der Waals surface area contributed by atoms with Crippen LogP contribution in [0.2, 0.25) is 0 Å². The highest BCUT2D eigenvalue weighted by atomic mass is 16.5. The van der Waals surface area contributed by atoms with Crippen molar-refractivity contribution in [1.82, 2.24) is 0 Å². The molecule has 0 heterocycles. The minimum absolute atomic E-state index is 0.101.